The summed E-state index contributed by atoms with van der Waals surface area (Å²) in [4.78, 5) is 19.6. The molecule has 4 nitrogen and oxygen atoms in total. The van der Waals surface area contributed by atoms with Crippen molar-refractivity contribution in [1.82, 2.24) is 9.97 Å². The number of hydrogen-bond acceptors (Lipinski definition) is 3. The highest BCUT2D eigenvalue weighted by Crippen LogP contribution is 2.23. The molecule has 4 heteroatoms. The number of nitrogens with one attached hydrogen (secondary N) is 1. The van der Waals surface area contributed by atoms with Gasteiger partial charge in [-0.1, -0.05) is 41.0 Å². The van der Waals surface area contributed by atoms with Crippen LogP contribution in [0.5, 0.6) is 0 Å². The van der Waals surface area contributed by atoms with Crippen LogP contribution in [-0.4, -0.2) is 15.9 Å². The molecule has 0 aliphatic heterocycles. The predicted octanol–water partition coefficient (Wildman–Crippen LogP) is 3.27. The Morgan fingerprint density at radius 3 is 2.53 bits per heavy atom. The number of nitrogens with zero attached hydrogens (tertiary/aromatic N) is 2. The molecule has 0 unspecified atom stereocenters. The van der Waals surface area contributed by atoms with Crippen LogP contribution in [0.3, 0.4) is 0 Å². The number of carbonyl (C=O) groups is 1. The summed E-state index contributed by atoms with van der Waals surface area (Å²) in [7, 11) is 0. The van der Waals surface area contributed by atoms with Crippen LogP contribution in [0.2, 0.25) is 0 Å². The molecule has 1 N–H and O–H groups in total. The maximum atomic E-state index is 11.9. The Hall–Kier alpha value is -1.45. The fourth-order valence-corrected chi connectivity index (χ4v) is 1.39. The van der Waals surface area contributed by atoms with Gasteiger partial charge in [-0.15, -0.1) is 0 Å². The van der Waals surface area contributed by atoms with Gasteiger partial charge < -0.3 is 5.32 Å². The summed E-state index contributed by atoms with van der Waals surface area (Å²) >= 11 is 0. The number of rotatable bonds is 4. The van der Waals surface area contributed by atoms with Crippen molar-refractivity contribution in [3.8, 4) is 0 Å². The minimum absolute atomic E-state index is 0.00282. The molecule has 1 aromatic rings. The Balaban J connectivity index is 0.00000121. The second-order valence-electron chi connectivity index (χ2n) is 4.18. The summed E-state index contributed by atoms with van der Waals surface area (Å²) < 4.78 is 0. The zero-order valence-electron chi connectivity index (χ0n) is 11.4. The van der Waals surface area contributed by atoms with Gasteiger partial charge in [-0.3, -0.25) is 4.79 Å². The van der Waals surface area contributed by atoms with Crippen LogP contribution < -0.4 is 5.32 Å². The molecule has 96 valence electrons. The molecule has 1 heterocycles. The molecule has 0 atom stereocenters. The lowest BCUT2D eigenvalue weighted by Gasteiger charge is -2.22. The first-order valence-corrected chi connectivity index (χ1v) is 6.13. The molecule has 1 rings (SSSR count). The van der Waals surface area contributed by atoms with Gasteiger partial charge in [-0.2, -0.15) is 0 Å². The summed E-state index contributed by atoms with van der Waals surface area (Å²) in [5.74, 6) is 0.558. The van der Waals surface area contributed by atoms with Crippen molar-refractivity contribution in [2.45, 2.75) is 47.5 Å². The first-order valence-electron chi connectivity index (χ1n) is 6.13. The number of amides is 1. The highest BCUT2D eigenvalue weighted by Gasteiger charge is 2.26. The summed E-state index contributed by atoms with van der Waals surface area (Å²) in [5.41, 5.74) is -0.348. The van der Waals surface area contributed by atoms with Gasteiger partial charge in [0.05, 0.1) is 0 Å². The van der Waals surface area contributed by atoms with Crippen LogP contribution in [0, 0.1) is 5.41 Å². The molecule has 0 bridgehead atoms. The van der Waals surface area contributed by atoms with Crippen molar-refractivity contribution in [2.75, 3.05) is 5.32 Å². The molecule has 0 aromatic carbocycles. The monoisotopic (exact) mass is 237 g/mol. The largest absolute Gasteiger partial charge is 0.310 e. The Morgan fingerprint density at radius 1 is 1.41 bits per heavy atom. The minimum Gasteiger partial charge on any atom is -0.310 e. The third kappa shape index (κ3) is 5.43. The van der Waals surface area contributed by atoms with Crippen LogP contribution in [-0.2, 0) is 4.79 Å². The summed E-state index contributed by atoms with van der Waals surface area (Å²) in [6.45, 7) is 9.94. The van der Waals surface area contributed by atoms with E-state index < -0.39 is 0 Å². The average molecular weight is 237 g/mol. The van der Waals surface area contributed by atoms with Crippen LogP contribution in [0.1, 0.15) is 47.5 Å². The molecule has 0 aliphatic carbocycles. The van der Waals surface area contributed by atoms with E-state index in [1.54, 1.807) is 12.3 Å². The molecular formula is C13H23N3O. The second kappa shape index (κ2) is 7.76. The van der Waals surface area contributed by atoms with Gasteiger partial charge in [-0.25, -0.2) is 9.97 Å². The van der Waals surface area contributed by atoms with E-state index >= 15 is 0 Å². The molecule has 1 amide bonds. The van der Waals surface area contributed by atoms with Crippen LogP contribution in [0.15, 0.2) is 18.6 Å². The van der Waals surface area contributed by atoms with Gasteiger partial charge in [0.1, 0.15) is 12.1 Å². The van der Waals surface area contributed by atoms with Crippen molar-refractivity contribution < 1.29 is 4.79 Å². The van der Waals surface area contributed by atoms with Crippen LogP contribution >= 0.6 is 0 Å². The Bertz CT molecular complexity index is 323. The molecule has 0 saturated heterocycles. The first-order chi connectivity index (χ1) is 8.06. The molecule has 0 fully saturated rings. The van der Waals surface area contributed by atoms with Gasteiger partial charge in [0.25, 0.3) is 0 Å². The number of hydrogen-bond donors (Lipinski definition) is 1. The van der Waals surface area contributed by atoms with E-state index in [1.165, 1.54) is 6.33 Å². The average Bonchev–Trinajstić information content (AvgIpc) is 2.33. The third-order valence-electron chi connectivity index (χ3n) is 2.31. The Labute approximate surface area is 104 Å². The maximum Gasteiger partial charge on any atom is 0.231 e. The van der Waals surface area contributed by atoms with E-state index in [9.17, 15) is 4.79 Å². The van der Waals surface area contributed by atoms with E-state index in [2.05, 4.69) is 22.2 Å². The van der Waals surface area contributed by atoms with Gasteiger partial charge in [-0.05, 0) is 12.5 Å². The normalized spacial score (nSPS) is 10.2. The van der Waals surface area contributed by atoms with Crippen molar-refractivity contribution in [1.29, 1.82) is 0 Å². The lowest BCUT2D eigenvalue weighted by Crippen LogP contribution is -2.30. The highest BCUT2D eigenvalue weighted by molar-refractivity contribution is 5.93. The topological polar surface area (TPSA) is 54.9 Å². The van der Waals surface area contributed by atoms with E-state index in [1.807, 2.05) is 27.7 Å². The lowest BCUT2D eigenvalue weighted by atomic mass is 9.87. The first kappa shape index (κ1) is 15.6. The fourth-order valence-electron chi connectivity index (χ4n) is 1.39. The van der Waals surface area contributed by atoms with E-state index in [0.717, 1.165) is 12.8 Å². The quantitative estimate of drug-likeness (QED) is 0.874. The number of aromatic nitrogens is 2. The second-order valence-corrected chi connectivity index (χ2v) is 4.18. The summed E-state index contributed by atoms with van der Waals surface area (Å²) in [5, 5.41) is 2.78. The van der Waals surface area contributed by atoms with Gasteiger partial charge in [0, 0.05) is 11.6 Å². The summed E-state index contributed by atoms with van der Waals surface area (Å²) in [6, 6.07) is 1.68. The van der Waals surface area contributed by atoms with E-state index in [-0.39, 0.29) is 11.3 Å². The molecular weight excluding hydrogens is 214 g/mol. The third-order valence-corrected chi connectivity index (χ3v) is 2.31. The van der Waals surface area contributed by atoms with E-state index in [4.69, 9.17) is 0 Å². The molecule has 0 radical (unpaired) electrons. The molecule has 0 aliphatic rings. The summed E-state index contributed by atoms with van der Waals surface area (Å²) in [6.07, 6.45) is 4.88. The predicted molar refractivity (Wildman–Crippen MR) is 70.7 cm³/mol. The smallest absolute Gasteiger partial charge is 0.231 e. The molecule has 17 heavy (non-hydrogen) atoms. The molecule has 0 spiro atoms. The SMILES string of the molecule is CC.CCCC(C)(C)C(=O)Nc1ccncn1. The van der Waals surface area contributed by atoms with Crippen molar-refractivity contribution in [3.05, 3.63) is 18.6 Å². The zero-order chi connectivity index (χ0) is 13.3. The van der Waals surface area contributed by atoms with Crippen LogP contribution in [0.4, 0.5) is 5.82 Å². The number of carbonyl (C=O) groups excluding carboxylic acids is 1. The Morgan fingerprint density at radius 2 is 2.06 bits per heavy atom. The van der Waals surface area contributed by atoms with Crippen molar-refractivity contribution in [3.63, 3.8) is 0 Å². The lowest BCUT2D eigenvalue weighted by molar-refractivity contribution is -0.124. The molecule has 1 aromatic heterocycles. The van der Waals surface area contributed by atoms with E-state index in [0.29, 0.717) is 5.82 Å². The number of anilines is 1. The van der Waals surface area contributed by atoms with Gasteiger partial charge >= 0.3 is 0 Å². The van der Waals surface area contributed by atoms with Crippen molar-refractivity contribution >= 4 is 11.7 Å². The standard InChI is InChI=1S/C11H17N3O.C2H6/c1-4-6-11(2,3)10(15)14-9-5-7-12-8-13-9;1-2/h5,7-8H,4,6H2,1-3H3,(H,12,13,14,15);1-2H3. The zero-order valence-corrected chi connectivity index (χ0v) is 11.4. The fraction of sp³-hybridized carbons (Fsp3) is 0.615. The highest BCUT2D eigenvalue weighted by atomic mass is 16.2. The molecule has 0 saturated carbocycles. The maximum absolute atomic E-state index is 11.9. The van der Waals surface area contributed by atoms with Gasteiger partial charge in [0.15, 0.2) is 0 Å². The minimum atomic E-state index is -0.348. The van der Waals surface area contributed by atoms with Crippen LogP contribution in [0.25, 0.3) is 0 Å². The van der Waals surface area contributed by atoms with Gasteiger partial charge in [0.2, 0.25) is 5.91 Å². The van der Waals surface area contributed by atoms with Crippen molar-refractivity contribution in [2.24, 2.45) is 5.41 Å². The Kier molecular flexibility index (Phi) is 7.10.